The van der Waals surface area contributed by atoms with Gasteiger partial charge in [0.05, 0.1) is 16.7 Å². The lowest BCUT2D eigenvalue weighted by atomic mass is 10.2. The first-order valence-corrected chi connectivity index (χ1v) is 6.43. The van der Waals surface area contributed by atoms with Gasteiger partial charge in [0.25, 0.3) is 0 Å². The Kier molecular flexibility index (Phi) is 4.56. The lowest BCUT2D eigenvalue weighted by molar-refractivity contribution is 0.0613. The summed E-state index contributed by atoms with van der Waals surface area (Å²) in [6.45, 7) is 1.87. The van der Waals surface area contributed by atoms with Crippen molar-refractivity contribution in [2.24, 2.45) is 0 Å². The molecule has 2 rings (SSSR count). The number of benzene rings is 1. The summed E-state index contributed by atoms with van der Waals surface area (Å²) < 4.78 is 11.4. The number of halogens is 2. The summed E-state index contributed by atoms with van der Waals surface area (Å²) in [5.41, 5.74) is 0. The zero-order valence-corrected chi connectivity index (χ0v) is 11.5. The van der Waals surface area contributed by atoms with E-state index in [4.69, 9.17) is 37.8 Å². The molecule has 0 saturated heterocycles. The molecule has 0 amide bonds. The summed E-state index contributed by atoms with van der Waals surface area (Å²) in [5, 5.41) is 9.75. The average molecular weight is 292 g/mol. The van der Waals surface area contributed by atoms with Gasteiger partial charge in [0, 0.05) is 25.2 Å². The van der Waals surface area contributed by atoms with E-state index in [1.807, 2.05) is 11.9 Å². The Morgan fingerprint density at radius 1 is 1.33 bits per heavy atom. The van der Waals surface area contributed by atoms with Crippen LogP contribution >= 0.6 is 23.2 Å². The Hall–Kier alpha value is -0.680. The fraction of sp³-hybridized carbons (Fsp3) is 0.500. The highest BCUT2D eigenvalue weighted by molar-refractivity contribution is 6.42. The summed E-state index contributed by atoms with van der Waals surface area (Å²) in [6.07, 6.45) is -0.0775. The molecule has 0 aromatic heterocycles. The van der Waals surface area contributed by atoms with E-state index < -0.39 is 0 Å². The quantitative estimate of drug-likeness (QED) is 0.922. The highest BCUT2D eigenvalue weighted by atomic mass is 35.5. The third kappa shape index (κ3) is 3.20. The van der Waals surface area contributed by atoms with Crippen LogP contribution in [0, 0.1) is 0 Å². The van der Waals surface area contributed by atoms with Gasteiger partial charge >= 0.3 is 0 Å². The van der Waals surface area contributed by atoms with Gasteiger partial charge in [0.1, 0.15) is 12.7 Å². The number of rotatable bonds is 4. The van der Waals surface area contributed by atoms with Crippen LogP contribution in [0.15, 0.2) is 12.1 Å². The number of fused-ring (bicyclic) bond motifs is 1. The molecule has 1 aliphatic rings. The summed E-state index contributed by atoms with van der Waals surface area (Å²) >= 11 is 11.8. The summed E-state index contributed by atoms with van der Waals surface area (Å²) in [6, 6.07) is 3.32. The maximum Gasteiger partial charge on any atom is 0.163 e. The summed E-state index contributed by atoms with van der Waals surface area (Å²) in [4.78, 5) is 1.98. The van der Waals surface area contributed by atoms with Gasteiger partial charge in [-0.15, -0.1) is 0 Å². The highest BCUT2D eigenvalue weighted by Gasteiger charge is 2.23. The number of hydrogen-bond donors (Lipinski definition) is 1. The molecule has 18 heavy (non-hydrogen) atoms. The predicted octanol–water partition coefficient (Wildman–Crippen LogP) is 2.06. The number of ether oxygens (including phenoxy) is 2. The lowest BCUT2D eigenvalue weighted by Crippen LogP contribution is -2.40. The molecule has 1 N–H and O–H groups in total. The number of aliphatic hydroxyl groups is 1. The van der Waals surface area contributed by atoms with Crippen LogP contribution in [0.2, 0.25) is 10.0 Å². The number of likely N-dealkylation sites (N-methyl/N-ethyl adjacent to an activating group) is 1. The van der Waals surface area contributed by atoms with E-state index in [0.717, 1.165) is 0 Å². The van der Waals surface area contributed by atoms with Crippen molar-refractivity contribution in [3.05, 3.63) is 22.2 Å². The standard InChI is InChI=1S/C12H15Cl2NO3/c1-15(2-3-16)6-8-7-17-11-4-9(13)10(14)5-12(11)18-8/h4-5,8,16H,2-3,6-7H2,1H3. The minimum Gasteiger partial charge on any atom is -0.486 e. The SMILES string of the molecule is CN(CCO)CC1COc2cc(Cl)c(Cl)cc2O1. The Labute approximate surface area is 116 Å². The molecule has 0 spiro atoms. The van der Waals surface area contributed by atoms with Gasteiger partial charge in [0.2, 0.25) is 0 Å². The largest absolute Gasteiger partial charge is 0.486 e. The monoisotopic (exact) mass is 291 g/mol. The van der Waals surface area contributed by atoms with Crippen molar-refractivity contribution >= 4 is 23.2 Å². The molecule has 6 heteroatoms. The fourth-order valence-corrected chi connectivity index (χ4v) is 2.12. The summed E-state index contributed by atoms with van der Waals surface area (Å²) in [7, 11) is 1.92. The molecule has 0 saturated carbocycles. The molecule has 1 aliphatic heterocycles. The first-order chi connectivity index (χ1) is 8.60. The second-order valence-corrected chi connectivity index (χ2v) is 5.06. The van der Waals surface area contributed by atoms with E-state index in [9.17, 15) is 0 Å². The van der Waals surface area contributed by atoms with Crippen molar-refractivity contribution in [1.29, 1.82) is 0 Å². The minimum atomic E-state index is -0.0775. The predicted molar refractivity (Wildman–Crippen MR) is 71.0 cm³/mol. The van der Waals surface area contributed by atoms with Crippen molar-refractivity contribution in [2.75, 3.05) is 33.4 Å². The Morgan fingerprint density at radius 3 is 2.67 bits per heavy atom. The maximum absolute atomic E-state index is 8.85. The third-order valence-electron chi connectivity index (χ3n) is 2.70. The second-order valence-electron chi connectivity index (χ2n) is 4.25. The van der Waals surface area contributed by atoms with E-state index in [2.05, 4.69) is 0 Å². The summed E-state index contributed by atoms with van der Waals surface area (Å²) in [5.74, 6) is 1.23. The van der Waals surface area contributed by atoms with E-state index in [-0.39, 0.29) is 12.7 Å². The molecule has 1 atom stereocenters. The van der Waals surface area contributed by atoms with Crippen LogP contribution in [-0.4, -0.2) is 49.5 Å². The molecule has 0 aliphatic carbocycles. The Morgan fingerprint density at radius 2 is 2.00 bits per heavy atom. The molecule has 0 bridgehead atoms. The smallest absolute Gasteiger partial charge is 0.163 e. The van der Waals surface area contributed by atoms with Crippen LogP contribution in [0.4, 0.5) is 0 Å². The first-order valence-electron chi connectivity index (χ1n) is 5.68. The van der Waals surface area contributed by atoms with Gasteiger partial charge in [-0.25, -0.2) is 0 Å². The van der Waals surface area contributed by atoms with Crippen molar-refractivity contribution < 1.29 is 14.6 Å². The zero-order valence-electron chi connectivity index (χ0n) is 10.0. The first kappa shape index (κ1) is 13.7. The highest BCUT2D eigenvalue weighted by Crippen LogP contribution is 2.38. The van der Waals surface area contributed by atoms with Crippen molar-refractivity contribution in [3.8, 4) is 11.5 Å². The topological polar surface area (TPSA) is 41.9 Å². The number of nitrogens with zero attached hydrogens (tertiary/aromatic N) is 1. The van der Waals surface area contributed by atoms with Crippen LogP contribution in [-0.2, 0) is 0 Å². The molecule has 100 valence electrons. The molecular formula is C12H15Cl2NO3. The van der Waals surface area contributed by atoms with E-state index in [1.54, 1.807) is 12.1 Å². The van der Waals surface area contributed by atoms with Crippen LogP contribution in [0.3, 0.4) is 0 Å². The van der Waals surface area contributed by atoms with E-state index >= 15 is 0 Å². The van der Waals surface area contributed by atoms with Gasteiger partial charge in [-0.05, 0) is 7.05 Å². The average Bonchev–Trinajstić information content (AvgIpc) is 2.31. The number of hydrogen-bond acceptors (Lipinski definition) is 4. The zero-order chi connectivity index (χ0) is 13.1. The van der Waals surface area contributed by atoms with E-state index in [1.165, 1.54) is 0 Å². The van der Waals surface area contributed by atoms with Gasteiger partial charge in [-0.1, -0.05) is 23.2 Å². The Bertz CT molecular complexity index is 428. The molecular weight excluding hydrogens is 277 g/mol. The second kappa shape index (κ2) is 5.97. The molecule has 1 heterocycles. The molecule has 0 radical (unpaired) electrons. The number of aliphatic hydroxyl groups excluding tert-OH is 1. The van der Waals surface area contributed by atoms with Crippen LogP contribution in [0.25, 0.3) is 0 Å². The van der Waals surface area contributed by atoms with Gasteiger partial charge < -0.3 is 19.5 Å². The Balaban J connectivity index is 2.03. The lowest BCUT2D eigenvalue weighted by Gasteiger charge is -2.29. The maximum atomic E-state index is 8.85. The molecule has 0 fully saturated rings. The fourth-order valence-electron chi connectivity index (χ4n) is 1.81. The van der Waals surface area contributed by atoms with Gasteiger partial charge in [-0.3, -0.25) is 0 Å². The molecule has 1 aromatic carbocycles. The van der Waals surface area contributed by atoms with Gasteiger partial charge in [-0.2, -0.15) is 0 Å². The van der Waals surface area contributed by atoms with Crippen molar-refractivity contribution in [3.63, 3.8) is 0 Å². The molecule has 1 unspecified atom stereocenters. The normalized spacial score (nSPS) is 18.2. The van der Waals surface area contributed by atoms with Crippen LogP contribution < -0.4 is 9.47 Å². The van der Waals surface area contributed by atoms with Gasteiger partial charge in [0.15, 0.2) is 11.5 Å². The van der Waals surface area contributed by atoms with Crippen molar-refractivity contribution in [1.82, 2.24) is 4.90 Å². The third-order valence-corrected chi connectivity index (χ3v) is 3.42. The molecule has 1 aromatic rings. The van der Waals surface area contributed by atoms with Crippen LogP contribution in [0.5, 0.6) is 11.5 Å². The molecule has 4 nitrogen and oxygen atoms in total. The van der Waals surface area contributed by atoms with Crippen LogP contribution in [0.1, 0.15) is 0 Å². The van der Waals surface area contributed by atoms with Crippen molar-refractivity contribution in [2.45, 2.75) is 6.10 Å². The minimum absolute atomic E-state index is 0.0775. The van der Waals surface area contributed by atoms with E-state index in [0.29, 0.717) is 41.2 Å².